The molecule has 0 N–H and O–H groups in total. The number of allylic oxidation sites excluding steroid dienone is 4. The van der Waals surface area contributed by atoms with Crippen molar-refractivity contribution in [1.82, 2.24) is 0 Å². The average molecular weight is 208 g/mol. The Hall–Kier alpha value is -0.520. The van der Waals surface area contributed by atoms with E-state index in [1.165, 1.54) is 12.8 Å². The fourth-order valence-electron chi connectivity index (χ4n) is 1.14. The van der Waals surface area contributed by atoms with E-state index in [9.17, 15) is 0 Å². The lowest BCUT2D eigenvalue weighted by atomic mass is 9.91. The van der Waals surface area contributed by atoms with E-state index in [1.54, 1.807) is 0 Å². The molecule has 0 saturated carbocycles. The lowest BCUT2D eigenvalue weighted by Crippen LogP contribution is -2.01. The van der Waals surface area contributed by atoms with E-state index in [2.05, 4.69) is 65.8 Å². The highest BCUT2D eigenvalue weighted by molar-refractivity contribution is 4.95. The Balaban J connectivity index is 3.62. The van der Waals surface area contributed by atoms with Gasteiger partial charge in [0, 0.05) is 0 Å². The summed E-state index contributed by atoms with van der Waals surface area (Å²) in [7, 11) is 0. The highest BCUT2D eigenvalue weighted by Gasteiger charge is 2.06. The Kier molecular flexibility index (Phi) is 5.93. The van der Waals surface area contributed by atoms with Crippen LogP contribution in [-0.2, 0) is 0 Å². The van der Waals surface area contributed by atoms with Gasteiger partial charge in [0.15, 0.2) is 0 Å². The predicted octanol–water partition coefficient (Wildman–Crippen LogP) is 5.36. The summed E-state index contributed by atoms with van der Waals surface area (Å²) in [5, 5.41) is 0. The van der Waals surface area contributed by atoms with Crippen LogP contribution in [0.2, 0.25) is 0 Å². The first kappa shape index (κ1) is 14.5. The zero-order chi connectivity index (χ0) is 11.9. The first-order valence-corrected chi connectivity index (χ1v) is 6.01. The molecule has 0 aromatic heterocycles. The van der Waals surface area contributed by atoms with Crippen molar-refractivity contribution in [2.75, 3.05) is 0 Å². The lowest BCUT2D eigenvalue weighted by Gasteiger charge is -2.14. The Morgan fingerprint density at radius 3 is 1.20 bits per heavy atom. The summed E-state index contributed by atoms with van der Waals surface area (Å²) >= 11 is 0. The maximum atomic E-state index is 2.29. The van der Waals surface area contributed by atoms with Gasteiger partial charge in [0.05, 0.1) is 0 Å². The van der Waals surface area contributed by atoms with Crippen LogP contribution in [0.3, 0.4) is 0 Å². The molecule has 0 aliphatic heterocycles. The Morgan fingerprint density at radius 2 is 0.933 bits per heavy atom. The molecule has 0 unspecified atom stereocenters. The van der Waals surface area contributed by atoms with Crippen molar-refractivity contribution in [1.29, 1.82) is 0 Å². The van der Waals surface area contributed by atoms with Gasteiger partial charge >= 0.3 is 0 Å². The number of hydrogen-bond donors (Lipinski definition) is 0. The standard InChI is InChI=1S/C15H28/c1-14(2,3)12-10-8-7-9-11-13-15(4,5)6/h8-11H,7,12-13H2,1-6H3/b10-8-,11-9-. The van der Waals surface area contributed by atoms with Crippen LogP contribution in [0.15, 0.2) is 24.3 Å². The van der Waals surface area contributed by atoms with Crippen molar-refractivity contribution in [3.63, 3.8) is 0 Å². The Morgan fingerprint density at radius 1 is 0.600 bits per heavy atom. The summed E-state index contributed by atoms with van der Waals surface area (Å²) in [6.45, 7) is 13.6. The van der Waals surface area contributed by atoms with E-state index in [0.717, 1.165) is 6.42 Å². The van der Waals surface area contributed by atoms with E-state index in [0.29, 0.717) is 10.8 Å². The van der Waals surface area contributed by atoms with Crippen LogP contribution in [0.1, 0.15) is 60.8 Å². The number of hydrogen-bond acceptors (Lipinski definition) is 0. The van der Waals surface area contributed by atoms with Gasteiger partial charge in [-0.3, -0.25) is 0 Å². The molecule has 0 aliphatic rings. The largest absolute Gasteiger partial charge is 0.0877 e. The minimum atomic E-state index is 0.422. The van der Waals surface area contributed by atoms with Crippen LogP contribution in [0.4, 0.5) is 0 Å². The van der Waals surface area contributed by atoms with Crippen molar-refractivity contribution < 1.29 is 0 Å². The molecule has 0 heteroatoms. The highest BCUT2D eigenvalue weighted by Crippen LogP contribution is 2.20. The third kappa shape index (κ3) is 13.5. The smallest absolute Gasteiger partial charge is 0.0169 e. The first-order chi connectivity index (χ1) is 6.71. The summed E-state index contributed by atoms with van der Waals surface area (Å²) in [5.41, 5.74) is 0.844. The molecule has 0 aromatic carbocycles. The maximum absolute atomic E-state index is 2.29. The fraction of sp³-hybridized carbons (Fsp3) is 0.733. The van der Waals surface area contributed by atoms with Crippen molar-refractivity contribution in [3.05, 3.63) is 24.3 Å². The van der Waals surface area contributed by atoms with Gasteiger partial charge in [0.1, 0.15) is 0 Å². The molecule has 0 radical (unpaired) electrons. The SMILES string of the molecule is CC(C)(C)C/C=C\C/C=C\CC(C)(C)C. The second-order valence-electron chi connectivity index (χ2n) is 6.71. The minimum absolute atomic E-state index is 0.422. The van der Waals surface area contributed by atoms with Gasteiger partial charge in [0.25, 0.3) is 0 Å². The second kappa shape index (κ2) is 6.15. The molecule has 0 aromatic rings. The van der Waals surface area contributed by atoms with Gasteiger partial charge in [0.2, 0.25) is 0 Å². The molecule has 0 fully saturated rings. The monoisotopic (exact) mass is 208 g/mol. The van der Waals surface area contributed by atoms with Crippen LogP contribution < -0.4 is 0 Å². The van der Waals surface area contributed by atoms with Gasteiger partial charge in [-0.2, -0.15) is 0 Å². The van der Waals surface area contributed by atoms with Crippen molar-refractivity contribution in [2.45, 2.75) is 60.8 Å². The average Bonchev–Trinajstić information content (AvgIpc) is 1.98. The highest BCUT2D eigenvalue weighted by atomic mass is 14.1. The van der Waals surface area contributed by atoms with Gasteiger partial charge in [-0.15, -0.1) is 0 Å². The molecule has 0 rings (SSSR count). The molecular weight excluding hydrogens is 180 g/mol. The van der Waals surface area contributed by atoms with Crippen molar-refractivity contribution in [3.8, 4) is 0 Å². The zero-order valence-electron chi connectivity index (χ0n) is 11.4. The molecule has 0 saturated heterocycles. The molecular formula is C15H28. The number of rotatable bonds is 4. The molecule has 0 atom stereocenters. The van der Waals surface area contributed by atoms with Crippen LogP contribution in [-0.4, -0.2) is 0 Å². The minimum Gasteiger partial charge on any atom is -0.0877 e. The molecule has 0 heterocycles. The summed E-state index contributed by atoms with van der Waals surface area (Å²) in [5.74, 6) is 0. The van der Waals surface area contributed by atoms with Gasteiger partial charge in [-0.25, -0.2) is 0 Å². The van der Waals surface area contributed by atoms with E-state index < -0.39 is 0 Å². The Bertz CT molecular complexity index is 181. The molecule has 0 bridgehead atoms. The molecule has 0 spiro atoms. The first-order valence-electron chi connectivity index (χ1n) is 6.01. The quantitative estimate of drug-likeness (QED) is 0.545. The second-order valence-corrected chi connectivity index (χ2v) is 6.71. The molecule has 0 aliphatic carbocycles. The van der Waals surface area contributed by atoms with Crippen molar-refractivity contribution in [2.24, 2.45) is 10.8 Å². The molecule has 88 valence electrons. The third-order valence-corrected chi connectivity index (χ3v) is 2.07. The summed E-state index contributed by atoms with van der Waals surface area (Å²) < 4.78 is 0. The van der Waals surface area contributed by atoms with Crippen molar-refractivity contribution >= 4 is 0 Å². The molecule has 0 nitrogen and oxygen atoms in total. The summed E-state index contributed by atoms with van der Waals surface area (Å²) in [6, 6.07) is 0. The fourth-order valence-corrected chi connectivity index (χ4v) is 1.14. The lowest BCUT2D eigenvalue weighted by molar-refractivity contribution is 0.420. The van der Waals surface area contributed by atoms with E-state index in [1.807, 2.05) is 0 Å². The Labute approximate surface area is 96.5 Å². The van der Waals surface area contributed by atoms with Crippen LogP contribution in [0.5, 0.6) is 0 Å². The van der Waals surface area contributed by atoms with Crippen LogP contribution >= 0.6 is 0 Å². The van der Waals surface area contributed by atoms with E-state index >= 15 is 0 Å². The van der Waals surface area contributed by atoms with E-state index in [-0.39, 0.29) is 0 Å². The van der Waals surface area contributed by atoms with Crippen LogP contribution in [0, 0.1) is 10.8 Å². The van der Waals surface area contributed by atoms with Gasteiger partial charge in [-0.1, -0.05) is 65.8 Å². The molecule has 0 amide bonds. The third-order valence-electron chi connectivity index (χ3n) is 2.07. The van der Waals surface area contributed by atoms with Gasteiger partial charge in [-0.05, 0) is 30.1 Å². The summed E-state index contributed by atoms with van der Waals surface area (Å²) in [4.78, 5) is 0. The normalized spacial score (nSPS) is 14.3. The maximum Gasteiger partial charge on any atom is -0.0169 e. The predicted molar refractivity (Wildman–Crippen MR) is 71.0 cm³/mol. The van der Waals surface area contributed by atoms with E-state index in [4.69, 9.17) is 0 Å². The van der Waals surface area contributed by atoms with Crippen LogP contribution in [0.25, 0.3) is 0 Å². The topological polar surface area (TPSA) is 0 Å². The zero-order valence-corrected chi connectivity index (χ0v) is 11.4. The van der Waals surface area contributed by atoms with Gasteiger partial charge < -0.3 is 0 Å². The molecule has 15 heavy (non-hydrogen) atoms. The summed E-state index contributed by atoms with van der Waals surface area (Å²) in [6.07, 6.45) is 12.5.